The predicted octanol–water partition coefficient (Wildman–Crippen LogP) is 5.70. The van der Waals surface area contributed by atoms with Crippen LogP contribution in [0, 0.1) is 0 Å². The summed E-state index contributed by atoms with van der Waals surface area (Å²) >= 11 is 0. The van der Waals surface area contributed by atoms with E-state index in [0.717, 1.165) is 49.1 Å². The van der Waals surface area contributed by atoms with Crippen LogP contribution in [0.2, 0.25) is 0 Å². The first-order valence-electron chi connectivity index (χ1n) is 9.78. The minimum absolute atomic E-state index is 0.110. The van der Waals surface area contributed by atoms with Gasteiger partial charge in [0.15, 0.2) is 0 Å². The molecule has 0 spiro atoms. The zero-order chi connectivity index (χ0) is 18.4. The first kappa shape index (κ1) is 18.5. The normalized spacial score (nSPS) is 17.3. The zero-order valence-corrected chi connectivity index (χ0v) is 15.8. The van der Waals surface area contributed by atoms with Crippen LogP contribution < -0.4 is 10.1 Å². The molecular formula is C23H29NO2. The van der Waals surface area contributed by atoms with Gasteiger partial charge in [0.05, 0.1) is 11.5 Å². The zero-order valence-electron chi connectivity index (χ0n) is 15.8. The van der Waals surface area contributed by atoms with Crippen molar-refractivity contribution < 1.29 is 9.53 Å². The minimum Gasteiger partial charge on any atom is -0.491 e. The van der Waals surface area contributed by atoms with Crippen molar-refractivity contribution >= 4 is 11.6 Å². The molecular weight excluding hydrogens is 322 g/mol. The van der Waals surface area contributed by atoms with E-state index in [1.54, 1.807) is 0 Å². The quantitative estimate of drug-likeness (QED) is 0.724. The molecule has 1 atom stereocenters. The number of carbonyl (C=O) groups excluding carboxylic acids is 1. The van der Waals surface area contributed by atoms with Gasteiger partial charge in [0.2, 0.25) is 5.91 Å². The van der Waals surface area contributed by atoms with Crippen LogP contribution in [0.15, 0.2) is 54.6 Å². The average Bonchev–Trinajstić information content (AvgIpc) is 2.70. The molecule has 138 valence electrons. The summed E-state index contributed by atoms with van der Waals surface area (Å²) in [4.78, 5) is 13.3. The van der Waals surface area contributed by atoms with Gasteiger partial charge in [-0.2, -0.15) is 0 Å². The summed E-state index contributed by atoms with van der Waals surface area (Å²) in [6.07, 6.45) is 6.41. The van der Waals surface area contributed by atoms with E-state index >= 15 is 0 Å². The van der Waals surface area contributed by atoms with E-state index in [9.17, 15) is 4.79 Å². The Morgan fingerprint density at radius 3 is 2.31 bits per heavy atom. The fourth-order valence-corrected chi connectivity index (χ4v) is 3.74. The van der Waals surface area contributed by atoms with Crippen molar-refractivity contribution in [1.82, 2.24) is 0 Å². The number of benzene rings is 2. The van der Waals surface area contributed by atoms with Gasteiger partial charge in [-0.15, -0.1) is 0 Å². The van der Waals surface area contributed by atoms with Gasteiger partial charge < -0.3 is 10.1 Å². The lowest BCUT2D eigenvalue weighted by molar-refractivity contribution is -0.122. The summed E-state index contributed by atoms with van der Waals surface area (Å²) in [5.41, 5.74) is 1.55. The third kappa shape index (κ3) is 4.09. The predicted molar refractivity (Wildman–Crippen MR) is 107 cm³/mol. The van der Waals surface area contributed by atoms with Crippen LogP contribution in [0.3, 0.4) is 0 Å². The van der Waals surface area contributed by atoms with Gasteiger partial charge >= 0.3 is 0 Å². The van der Waals surface area contributed by atoms with E-state index in [4.69, 9.17) is 4.74 Å². The summed E-state index contributed by atoms with van der Waals surface area (Å²) in [5, 5.41) is 3.15. The van der Waals surface area contributed by atoms with Crippen molar-refractivity contribution in [2.24, 2.45) is 0 Å². The molecule has 1 saturated carbocycles. The maximum Gasteiger partial charge on any atom is 0.235 e. The fourth-order valence-electron chi connectivity index (χ4n) is 3.74. The number of hydrogen-bond donors (Lipinski definition) is 1. The van der Waals surface area contributed by atoms with E-state index in [1.807, 2.05) is 42.5 Å². The number of hydrogen-bond acceptors (Lipinski definition) is 2. The molecule has 26 heavy (non-hydrogen) atoms. The maximum absolute atomic E-state index is 13.3. The summed E-state index contributed by atoms with van der Waals surface area (Å²) < 4.78 is 5.82. The Balaban J connectivity index is 1.76. The second-order valence-corrected chi connectivity index (χ2v) is 7.32. The van der Waals surface area contributed by atoms with Crippen molar-refractivity contribution in [1.29, 1.82) is 0 Å². The second-order valence-electron chi connectivity index (χ2n) is 7.32. The van der Waals surface area contributed by atoms with Gasteiger partial charge in [-0.05, 0) is 56.0 Å². The number of ether oxygens (including phenoxy) is 1. The van der Waals surface area contributed by atoms with Gasteiger partial charge in [-0.1, -0.05) is 56.5 Å². The molecule has 1 aliphatic carbocycles. The van der Waals surface area contributed by atoms with E-state index in [2.05, 4.69) is 31.3 Å². The van der Waals surface area contributed by atoms with Crippen LogP contribution in [-0.2, 0) is 10.2 Å². The van der Waals surface area contributed by atoms with Crippen LogP contribution in [0.4, 0.5) is 5.69 Å². The van der Waals surface area contributed by atoms with Crippen LogP contribution in [0.5, 0.6) is 5.75 Å². The second kappa shape index (κ2) is 8.39. The van der Waals surface area contributed by atoms with Crippen molar-refractivity contribution in [2.75, 3.05) is 5.32 Å². The molecule has 2 aromatic carbocycles. The van der Waals surface area contributed by atoms with Gasteiger partial charge in [0.25, 0.3) is 0 Å². The Kier molecular flexibility index (Phi) is 5.97. The van der Waals surface area contributed by atoms with Crippen molar-refractivity contribution in [3.8, 4) is 5.75 Å². The molecule has 1 fully saturated rings. The highest BCUT2D eigenvalue weighted by molar-refractivity contribution is 5.99. The molecule has 3 nitrogen and oxygen atoms in total. The van der Waals surface area contributed by atoms with E-state index in [-0.39, 0.29) is 12.0 Å². The molecule has 1 amide bonds. The lowest BCUT2D eigenvalue weighted by atomic mass is 9.68. The summed E-state index contributed by atoms with van der Waals surface area (Å²) in [6.45, 7) is 4.16. The molecule has 0 heterocycles. The Morgan fingerprint density at radius 2 is 1.69 bits per heavy atom. The van der Waals surface area contributed by atoms with Crippen LogP contribution in [0.1, 0.15) is 57.9 Å². The fraction of sp³-hybridized carbons (Fsp3) is 0.435. The molecule has 0 aliphatic heterocycles. The third-order valence-electron chi connectivity index (χ3n) is 5.49. The smallest absolute Gasteiger partial charge is 0.235 e. The van der Waals surface area contributed by atoms with E-state index < -0.39 is 5.41 Å². The summed E-state index contributed by atoms with van der Waals surface area (Å²) in [7, 11) is 0. The highest BCUT2D eigenvalue weighted by Crippen LogP contribution is 2.40. The number of rotatable bonds is 6. The topological polar surface area (TPSA) is 38.3 Å². The van der Waals surface area contributed by atoms with Crippen LogP contribution in [0.25, 0.3) is 0 Å². The van der Waals surface area contributed by atoms with Gasteiger partial charge in [0, 0.05) is 5.69 Å². The van der Waals surface area contributed by atoms with E-state index in [1.165, 1.54) is 6.42 Å². The first-order chi connectivity index (χ1) is 12.6. The molecule has 0 aromatic heterocycles. The summed E-state index contributed by atoms with van der Waals surface area (Å²) in [5.74, 6) is 0.951. The lowest BCUT2D eigenvalue weighted by Crippen LogP contribution is -2.42. The van der Waals surface area contributed by atoms with Gasteiger partial charge in [-0.25, -0.2) is 0 Å². The molecule has 0 radical (unpaired) electrons. The molecule has 0 saturated heterocycles. The van der Waals surface area contributed by atoms with E-state index in [0.29, 0.717) is 0 Å². The molecule has 1 N–H and O–H groups in total. The molecule has 1 unspecified atom stereocenters. The third-order valence-corrected chi connectivity index (χ3v) is 5.49. The average molecular weight is 351 g/mol. The van der Waals surface area contributed by atoms with Crippen molar-refractivity contribution in [3.63, 3.8) is 0 Å². The van der Waals surface area contributed by atoms with Gasteiger partial charge in [-0.3, -0.25) is 4.79 Å². The van der Waals surface area contributed by atoms with Gasteiger partial charge in [0.1, 0.15) is 5.75 Å². The Labute approximate surface area is 156 Å². The standard InChI is InChI=1S/C23H29NO2/c1-3-18(2)26-21-14-12-20(13-15-21)24-22(25)23(16-8-5-9-17-23)19-10-6-4-7-11-19/h4,6-7,10-15,18H,3,5,8-9,16-17H2,1-2H3,(H,24,25). The number of anilines is 1. The van der Waals surface area contributed by atoms with Crippen LogP contribution in [-0.4, -0.2) is 12.0 Å². The van der Waals surface area contributed by atoms with Crippen molar-refractivity contribution in [3.05, 3.63) is 60.2 Å². The molecule has 0 bridgehead atoms. The maximum atomic E-state index is 13.3. The van der Waals surface area contributed by atoms with Crippen LogP contribution >= 0.6 is 0 Å². The molecule has 3 rings (SSSR count). The number of nitrogens with one attached hydrogen (secondary N) is 1. The minimum atomic E-state index is -0.411. The Morgan fingerprint density at radius 1 is 1.04 bits per heavy atom. The first-order valence-corrected chi connectivity index (χ1v) is 9.78. The number of carbonyl (C=O) groups is 1. The lowest BCUT2D eigenvalue weighted by Gasteiger charge is -2.36. The monoisotopic (exact) mass is 351 g/mol. The van der Waals surface area contributed by atoms with Crippen molar-refractivity contribution in [2.45, 2.75) is 63.9 Å². The SMILES string of the molecule is CCC(C)Oc1ccc(NC(=O)C2(c3ccccc3)CCCCC2)cc1. The molecule has 2 aromatic rings. The molecule has 1 aliphatic rings. The largest absolute Gasteiger partial charge is 0.491 e. The Hall–Kier alpha value is -2.29. The molecule has 3 heteroatoms. The summed E-state index contributed by atoms with van der Waals surface area (Å²) in [6, 6.07) is 18.0. The highest BCUT2D eigenvalue weighted by atomic mass is 16.5. The Bertz CT molecular complexity index is 703. The number of amides is 1. The highest BCUT2D eigenvalue weighted by Gasteiger charge is 2.40.